The number of benzene rings is 2. The number of ether oxygens (including phenoxy) is 1. The summed E-state index contributed by atoms with van der Waals surface area (Å²) in [6.45, 7) is 0.479. The van der Waals surface area contributed by atoms with Crippen molar-refractivity contribution in [1.82, 2.24) is 0 Å². The molecule has 110 valence electrons. The van der Waals surface area contributed by atoms with E-state index < -0.39 is 11.8 Å². The SMILES string of the molecule is COc1ccc(CNc2ccc(F)c(C(=O)O)c2)cc1Br. The molecule has 2 N–H and O–H groups in total. The molecule has 0 aliphatic carbocycles. The molecule has 2 rings (SSSR count). The van der Waals surface area contributed by atoms with Gasteiger partial charge in [-0.15, -0.1) is 0 Å². The second-order valence-corrected chi connectivity index (χ2v) is 5.18. The second kappa shape index (κ2) is 6.58. The number of carboxylic acid groups (broad SMARTS) is 1. The van der Waals surface area contributed by atoms with Gasteiger partial charge in [-0.1, -0.05) is 6.07 Å². The average molecular weight is 354 g/mol. The molecule has 0 heterocycles. The molecule has 21 heavy (non-hydrogen) atoms. The monoisotopic (exact) mass is 353 g/mol. The van der Waals surface area contributed by atoms with Crippen LogP contribution in [-0.2, 0) is 6.54 Å². The third-order valence-electron chi connectivity index (χ3n) is 2.91. The summed E-state index contributed by atoms with van der Waals surface area (Å²) < 4.78 is 19.3. The van der Waals surface area contributed by atoms with Gasteiger partial charge in [0.2, 0.25) is 0 Å². The Kier molecular flexibility index (Phi) is 4.80. The molecule has 2 aromatic rings. The molecule has 0 radical (unpaired) electrons. The van der Waals surface area contributed by atoms with Crippen LogP contribution in [0.1, 0.15) is 15.9 Å². The summed E-state index contributed by atoms with van der Waals surface area (Å²) in [5.41, 5.74) is 1.17. The maximum Gasteiger partial charge on any atom is 0.338 e. The number of halogens is 2. The molecular weight excluding hydrogens is 341 g/mol. The first-order valence-corrected chi connectivity index (χ1v) is 6.89. The van der Waals surface area contributed by atoms with Crippen LogP contribution < -0.4 is 10.1 Å². The molecule has 2 aromatic carbocycles. The topological polar surface area (TPSA) is 58.6 Å². The number of rotatable bonds is 5. The predicted octanol–water partition coefficient (Wildman–Crippen LogP) is 3.91. The van der Waals surface area contributed by atoms with Gasteiger partial charge in [0.05, 0.1) is 17.1 Å². The van der Waals surface area contributed by atoms with Crippen LogP contribution >= 0.6 is 15.9 Å². The highest BCUT2D eigenvalue weighted by Crippen LogP contribution is 2.26. The summed E-state index contributed by atoms with van der Waals surface area (Å²) in [5.74, 6) is -1.31. The minimum Gasteiger partial charge on any atom is -0.496 e. The fraction of sp³-hybridized carbons (Fsp3) is 0.133. The van der Waals surface area contributed by atoms with Crippen molar-refractivity contribution in [2.24, 2.45) is 0 Å². The van der Waals surface area contributed by atoms with Crippen molar-refractivity contribution >= 4 is 27.6 Å². The molecule has 4 nitrogen and oxygen atoms in total. The smallest absolute Gasteiger partial charge is 0.338 e. The lowest BCUT2D eigenvalue weighted by atomic mass is 10.1. The summed E-state index contributed by atoms with van der Waals surface area (Å²) in [6, 6.07) is 9.52. The molecule has 0 spiro atoms. The molecular formula is C15H13BrFNO3. The van der Waals surface area contributed by atoms with Gasteiger partial charge in [-0.25, -0.2) is 9.18 Å². The molecule has 0 fully saturated rings. The molecule has 6 heteroatoms. The molecule has 0 amide bonds. The van der Waals surface area contributed by atoms with E-state index in [2.05, 4.69) is 21.2 Å². The van der Waals surface area contributed by atoms with Crippen molar-refractivity contribution in [3.63, 3.8) is 0 Å². The van der Waals surface area contributed by atoms with Crippen molar-refractivity contribution in [2.75, 3.05) is 12.4 Å². The van der Waals surface area contributed by atoms with Gasteiger partial charge in [0.1, 0.15) is 11.6 Å². The molecule has 0 saturated carbocycles. The van der Waals surface area contributed by atoms with Crippen molar-refractivity contribution in [2.45, 2.75) is 6.54 Å². The Morgan fingerprint density at radius 1 is 1.33 bits per heavy atom. The maximum absolute atomic E-state index is 13.3. The summed E-state index contributed by atoms with van der Waals surface area (Å²) in [6.07, 6.45) is 0. The standard InChI is InChI=1S/C15H13BrFNO3/c1-21-14-5-2-9(6-12(14)16)8-18-10-3-4-13(17)11(7-10)15(19)20/h2-7,18H,8H2,1H3,(H,19,20). The van der Waals surface area contributed by atoms with E-state index in [1.165, 1.54) is 12.1 Å². The van der Waals surface area contributed by atoms with Gasteiger partial charge in [-0.05, 0) is 51.8 Å². The van der Waals surface area contributed by atoms with Crippen LogP contribution in [0.4, 0.5) is 10.1 Å². The van der Waals surface area contributed by atoms with E-state index in [-0.39, 0.29) is 5.56 Å². The zero-order valence-electron chi connectivity index (χ0n) is 11.2. The number of nitrogens with one attached hydrogen (secondary N) is 1. The molecule has 0 saturated heterocycles. The molecule has 0 aliphatic heterocycles. The van der Waals surface area contributed by atoms with Crippen LogP contribution in [0.2, 0.25) is 0 Å². The van der Waals surface area contributed by atoms with Gasteiger partial charge in [0, 0.05) is 12.2 Å². The van der Waals surface area contributed by atoms with Gasteiger partial charge in [-0.3, -0.25) is 0 Å². The zero-order valence-corrected chi connectivity index (χ0v) is 12.8. The second-order valence-electron chi connectivity index (χ2n) is 4.32. The first-order valence-electron chi connectivity index (χ1n) is 6.10. The van der Waals surface area contributed by atoms with Crippen LogP contribution in [0, 0.1) is 5.82 Å². The Labute approximate surface area is 129 Å². The van der Waals surface area contributed by atoms with E-state index in [0.717, 1.165) is 21.9 Å². The Morgan fingerprint density at radius 2 is 2.10 bits per heavy atom. The highest BCUT2D eigenvalue weighted by atomic mass is 79.9. The summed E-state index contributed by atoms with van der Waals surface area (Å²) in [5, 5.41) is 11.9. The lowest BCUT2D eigenvalue weighted by Crippen LogP contribution is -2.04. The number of anilines is 1. The lowest BCUT2D eigenvalue weighted by molar-refractivity contribution is 0.0692. The highest BCUT2D eigenvalue weighted by Gasteiger charge is 2.10. The quantitative estimate of drug-likeness (QED) is 0.855. The fourth-order valence-electron chi connectivity index (χ4n) is 1.82. The maximum atomic E-state index is 13.3. The van der Waals surface area contributed by atoms with E-state index >= 15 is 0 Å². The van der Waals surface area contributed by atoms with Crippen molar-refractivity contribution < 1.29 is 19.0 Å². The third-order valence-corrected chi connectivity index (χ3v) is 3.53. The Balaban J connectivity index is 2.11. The van der Waals surface area contributed by atoms with Crippen LogP contribution in [0.15, 0.2) is 40.9 Å². The van der Waals surface area contributed by atoms with Gasteiger partial charge < -0.3 is 15.2 Å². The molecule has 0 unspecified atom stereocenters. The highest BCUT2D eigenvalue weighted by molar-refractivity contribution is 9.10. The van der Waals surface area contributed by atoms with E-state index in [9.17, 15) is 9.18 Å². The van der Waals surface area contributed by atoms with Crippen molar-refractivity contribution in [3.05, 3.63) is 57.8 Å². The minimum atomic E-state index is -1.29. The van der Waals surface area contributed by atoms with Crippen LogP contribution in [0.25, 0.3) is 0 Å². The van der Waals surface area contributed by atoms with Crippen molar-refractivity contribution in [3.8, 4) is 5.75 Å². The van der Waals surface area contributed by atoms with Gasteiger partial charge in [0.25, 0.3) is 0 Å². The Bertz CT molecular complexity index is 676. The summed E-state index contributed by atoms with van der Waals surface area (Å²) in [7, 11) is 1.59. The van der Waals surface area contributed by atoms with Gasteiger partial charge in [-0.2, -0.15) is 0 Å². The van der Waals surface area contributed by atoms with Crippen LogP contribution in [0.5, 0.6) is 5.75 Å². The minimum absolute atomic E-state index is 0.351. The molecule has 0 aliphatic rings. The Hall–Kier alpha value is -2.08. The van der Waals surface area contributed by atoms with Crippen molar-refractivity contribution in [1.29, 1.82) is 0 Å². The Morgan fingerprint density at radius 3 is 2.71 bits per heavy atom. The lowest BCUT2D eigenvalue weighted by Gasteiger charge is -2.10. The van der Waals surface area contributed by atoms with E-state index in [1.54, 1.807) is 7.11 Å². The predicted molar refractivity (Wildman–Crippen MR) is 81.4 cm³/mol. The fourth-order valence-corrected chi connectivity index (χ4v) is 2.41. The summed E-state index contributed by atoms with van der Waals surface area (Å²) >= 11 is 3.39. The molecule has 0 aromatic heterocycles. The van der Waals surface area contributed by atoms with Crippen LogP contribution in [0.3, 0.4) is 0 Å². The number of carbonyl (C=O) groups is 1. The number of methoxy groups -OCH3 is 1. The zero-order chi connectivity index (χ0) is 15.4. The summed E-state index contributed by atoms with van der Waals surface area (Å²) in [4.78, 5) is 10.9. The van der Waals surface area contributed by atoms with E-state index in [0.29, 0.717) is 12.2 Å². The first kappa shape index (κ1) is 15.3. The van der Waals surface area contributed by atoms with Crippen LogP contribution in [-0.4, -0.2) is 18.2 Å². The number of aromatic carboxylic acids is 1. The largest absolute Gasteiger partial charge is 0.496 e. The van der Waals surface area contributed by atoms with E-state index in [4.69, 9.17) is 9.84 Å². The third kappa shape index (κ3) is 3.72. The normalized spacial score (nSPS) is 10.2. The number of hydrogen-bond acceptors (Lipinski definition) is 3. The first-order chi connectivity index (χ1) is 10.0. The van der Waals surface area contributed by atoms with E-state index in [1.807, 2.05) is 18.2 Å². The number of hydrogen-bond donors (Lipinski definition) is 2. The molecule has 0 bridgehead atoms. The number of carboxylic acids is 1. The average Bonchev–Trinajstić information content (AvgIpc) is 2.46. The molecule has 0 atom stereocenters. The van der Waals surface area contributed by atoms with Gasteiger partial charge in [0.15, 0.2) is 0 Å². The van der Waals surface area contributed by atoms with Gasteiger partial charge >= 0.3 is 5.97 Å².